The van der Waals surface area contributed by atoms with Crippen molar-refractivity contribution in [3.8, 4) is 0 Å². The van der Waals surface area contributed by atoms with Gasteiger partial charge in [0.1, 0.15) is 12.1 Å². The van der Waals surface area contributed by atoms with Gasteiger partial charge in [-0.25, -0.2) is 0 Å². The number of hydrogen-bond acceptors (Lipinski definition) is 8. The van der Waals surface area contributed by atoms with Crippen LogP contribution in [0.3, 0.4) is 0 Å². The number of carbonyl (C=O) groups is 3. The highest BCUT2D eigenvalue weighted by molar-refractivity contribution is 7.14. The third-order valence-corrected chi connectivity index (χ3v) is 11.6. The number of esters is 1. The van der Waals surface area contributed by atoms with Gasteiger partial charge in [-0.3, -0.25) is 19.7 Å². The summed E-state index contributed by atoms with van der Waals surface area (Å²) in [4.78, 5) is 43.8. The van der Waals surface area contributed by atoms with Gasteiger partial charge in [0.25, 0.3) is 0 Å². The van der Waals surface area contributed by atoms with Crippen LogP contribution in [0.25, 0.3) is 0 Å². The first-order chi connectivity index (χ1) is 20.9. The maximum absolute atomic E-state index is 14.1. The van der Waals surface area contributed by atoms with Gasteiger partial charge >= 0.3 is 5.97 Å². The van der Waals surface area contributed by atoms with Crippen LogP contribution in [0.2, 0.25) is 0 Å². The van der Waals surface area contributed by atoms with Gasteiger partial charge in [-0.15, -0.1) is 11.3 Å². The fourth-order valence-corrected chi connectivity index (χ4v) is 9.50. The predicted octanol–water partition coefficient (Wildman–Crippen LogP) is 3.52. The Kier molecular flexibility index (Phi) is 9.37. The van der Waals surface area contributed by atoms with Gasteiger partial charge in [0.2, 0.25) is 11.8 Å². The van der Waals surface area contributed by atoms with Crippen LogP contribution in [0.4, 0.5) is 0 Å². The number of nitrogens with one attached hydrogen (secondary N) is 2. The number of carbonyl (C=O) groups excluding carboxylic acids is 3. The molecular formula is C32H45N5O5S. The normalized spacial score (nSPS) is 31.2. The van der Waals surface area contributed by atoms with Crippen LogP contribution < -0.4 is 16.4 Å². The minimum atomic E-state index is -0.724. The Morgan fingerprint density at radius 2 is 1.79 bits per heavy atom. The highest BCUT2D eigenvalue weighted by Crippen LogP contribution is 2.54. The van der Waals surface area contributed by atoms with Crippen molar-refractivity contribution < 1.29 is 24.3 Å². The molecule has 1 aromatic heterocycles. The molecule has 0 spiro atoms. The van der Waals surface area contributed by atoms with Crippen LogP contribution in [0, 0.1) is 29.6 Å². The van der Waals surface area contributed by atoms with E-state index in [0.29, 0.717) is 29.7 Å². The Morgan fingerprint density at radius 3 is 2.49 bits per heavy atom. The van der Waals surface area contributed by atoms with Gasteiger partial charge in [0.15, 0.2) is 5.84 Å². The highest BCUT2D eigenvalue weighted by atomic mass is 32.1. The average Bonchev–Trinajstić information content (AvgIpc) is 3.50. The molecule has 5 saturated carbocycles. The molecule has 5 N–H and O–H groups in total. The Hall–Kier alpha value is -2.92. The molecule has 7 rings (SSSR count). The summed E-state index contributed by atoms with van der Waals surface area (Å²) in [6.45, 7) is 0.732. The lowest BCUT2D eigenvalue weighted by Gasteiger charge is -2.53. The lowest BCUT2D eigenvalue weighted by atomic mass is 9.55. The van der Waals surface area contributed by atoms with Gasteiger partial charge in [-0.1, -0.05) is 36.6 Å². The van der Waals surface area contributed by atoms with E-state index < -0.39 is 12.1 Å². The van der Waals surface area contributed by atoms with Crippen molar-refractivity contribution >= 4 is 35.0 Å². The Bertz CT molecular complexity index is 1210. The largest absolute Gasteiger partial charge is 0.461 e. The van der Waals surface area contributed by atoms with Crippen molar-refractivity contribution in [3.63, 3.8) is 0 Å². The number of nitrogens with zero attached hydrogens (tertiary/aromatic N) is 2. The number of ether oxygens (including phenoxy) is 1. The topological polar surface area (TPSA) is 146 Å². The van der Waals surface area contributed by atoms with Gasteiger partial charge in [-0.2, -0.15) is 0 Å². The average molecular weight is 612 g/mol. The highest BCUT2D eigenvalue weighted by Gasteiger charge is 2.50. The quantitative estimate of drug-likeness (QED) is 0.0791. The van der Waals surface area contributed by atoms with Gasteiger partial charge in [0.05, 0.1) is 24.0 Å². The number of amides is 2. The van der Waals surface area contributed by atoms with Gasteiger partial charge < -0.3 is 25.9 Å². The summed E-state index contributed by atoms with van der Waals surface area (Å²) < 4.78 is 6.12. The van der Waals surface area contributed by atoms with E-state index in [9.17, 15) is 14.4 Å². The third-order valence-electron chi connectivity index (χ3n) is 10.5. The van der Waals surface area contributed by atoms with Crippen LogP contribution >= 0.6 is 11.3 Å². The third kappa shape index (κ3) is 6.77. The molecule has 2 amide bonds. The van der Waals surface area contributed by atoms with Crippen LogP contribution in [0.5, 0.6) is 0 Å². The van der Waals surface area contributed by atoms with E-state index in [1.54, 1.807) is 17.0 Å². The molecule has 5 fully saturated rings. The molecule has 0 aromatic carbocycles. The van der Waals surface area contributed by atoms with E-state index in [4.69, 9.17) is 15.7 Å². The molecule has 6 aliphatic rings. The Balaban J connectivity index is 1.08. The lowest BCUT2D eigenvalue weighted by molar-refractivity contribution is -0.170. The maximum atomic E-state index is 14.1. The smallest absolute Gasteiger partial charge is 0.320 e. The molecule has 10 nitrogen and oxygen atoms in total. The molecule has 234 valence electrons. The summed E-state index contributed by atoms with van der Waals surface area (Å²) in [6, 6.07) is 2.31. The molecule has 11 heteroatoms. The standard InChI is InChI=1S/C32H45N5O5S/c33-30(36-41)26-10-9-24(43-26)17-35-31(39)25-8-4-5-11-37(25)32(40)28(21-6-2-1-3-7-21)34-18-27(38)42-29-22-13-19-12-20(15-22)16-23(29)14-19/h4,8-10,19-23,25,28-29,34,41H,1-3,5-7,11-18H2,(H2,33,36)(H,35,39)/t19?,20?,22?,23?,25?,28-,29?/m0/s1. The summed E-state index contributed by atoms with van der Waals surface area (Å²) >= 11 is 1.33. The van der Waals surface area contributed by atoms with E-state index in [-0.39, 0.29) is 48.7 Å². The zero-order valence-corrected chi connectivity index (χ0v) is 25.6. The van der Waals surface area contributed by atoms with E-state index in [1.165, 1.54) is 43.4 Å². The summed E-state index contributed by atoms with van der Waals surface area (Å²) in [7, 11) is 0. The maximum Gasteiger partial charge on any atom is 0.320 e. The lowest BCUT2D eigenvalue weighted by Crippen LogP contribution is -2.58. The van der Waals surface area contributed by atoms with Crippen molar-refractivity contribution in [2.24, 2.45) is 40.5 Å². The van der Waals surface area contributed by atoms with Crippen molar-refractivity contribution in [2.75, 3.05) is 13.1 Å². The predicted molar refractivity (Wildman–Crippen MR) is 163 cm³/mol. The summed E-state index contributed by atoms with van der Waals surface area (Å²) in [5, 5.41) is 18.2. The molecule has 5 aliphatic carbocycles. The van der Waals surface area contributed by atoms with E-state index >= 15 is 0 Å². The Labute approximate surface area is 257 Å². The van der Waals surface area contributed by atoms with Gasteiger partial charge in [-0.05, 0) is 93.1 Å². The van der Waals surface area contributed by atoms with Crippen LogP contribution in [0.15, 0.2) is 29.4 Å². The molecule has 1 unspecified atom stereocenters. The monoisotopic (exact) mass is 611 g/mol. The minimum Gasteiger partial charge on any atom is -0.461 e. The molecular weight excluding hydrogens is 566 g/mol. The first-order valence-electron chi connectivity index (χ1n) is 16.1. The van der Waals surface area contributed by atoms with E-state index in [2.05, 4.69) is 15.8 Å². The second-order valence-corrected chi connectivity index (χ2v) is 14.5. The van der Waals surface area contributed by atoms with Crippen molar-refractivity contribution in [1.82, 2.24) is 15.5 Å². The molecule has 0 saturated heterocycles. The molecule has 0 radical (unpaired) electrons. The van der Waals surface area contributed by atoms with Crippen molar-refractivity contribution in [2.45, 2.75) is 95.4 Å². The first kappa shape index (κ1) is 30.1. The SMILES string of the molecule is N/C(=N\O)c1ccc(CNC(=O)C2C=CCCN2C(=O)[C@@H](NCC(=O)OC2C3CC4CC(C3)CC2C4)C2CCCCC2)s1. The number of nitrogens with two attached hydrogens (primary N) is 1. The number of rotatable bonds is 10. The van der Waals surface area contributed by atoms with E-state index in [1.807, 2.05) is 12.1 Å². The number of amidine groups is 1. The fraction of sp³-hybridized carbons (Fsp3) is 0.688. The van der Waals surface area contributed by atoms with Crippen LogP contribution in [-0.2, 0) is 25.7 Å². The summed E-state index contributed by atoms with van der Waals surface area (Å²) in [5.41, 5.74) is 5.67. The van der Waals surface area contributed by atoms with Gasteiger partial charge in [0, 0.05) is 11.4 Å². The zero-order valence-electron chi connectivity index (χ0n) is 24.8. The summed E-state index contributed by atoms with van der Waals surface area (Å²) in [5.74, 6) is 2.13. The van der Waals surface area contributed by atoms with Crippen molar-refractivity contribution in [3.05, 3.63) is 34.0 Å². The van der Waals surface area contributed by atoms with Crippen LogP contribution in [0.1, 0.15) is 80.4 Å². The summed E-state index contributed by atoms with van der Waals surface area (Å²) in [6.07, 6.45) is 15.7. The van der Waals surface area contributed by atoms with Crippen molar-refractivity contribution in [1.29, 1.82) is 0 Å². The number of thiophene rings is 1. The molecule has 1 aliphatic heterocycles. The first-order valence-corrected chi connectivity index (χ1v) is 17.0. The van der Waals surface area contributed by atoms with E-state index in [0.717, 1.165) is 48.8 Å². The minimum absolute atomic E-state index is 0.0111. The molecule has 1 aromatic rings. The second-order valence-electron chi connectivity index (χ2n) is 13.3. The molecule has 2 heterocycles. The number of oxime groups is 1. The number of hydrogen-bond donors (Lipinski definition) is 4. The molecule has 2 atom stereocenters. The van der Waals surface area contributed by atoms with Crippen LogP contribution in [-0.4, -0.2) is 65.0 Å². The molecule has 43 heavy (non-hydrogen) atoms. The second kappa shape index (κ2) is 13.4. The zero-order chi connectivity index (χ0) is 29.9. The molecule has 4 bridgehead atoms. The Morgan fingerprint density at radius 1 is 1.07 bits per heavy atom. The fourth-order valence-electron chi connectivity index (χ4n) is 8.65.